The van der Waals surface area contributed by atoms with Crippen molar-refractivity contribution >= 4 is 22.0 Å². The number of aliphatic hydroxyl groups is 1. The number of amides is 1. The third-order valence-electron chi connectivity index (χ3n) is 4.55. The Morgan fingerprint density at radius 3 is 2.41 bits per heavy atom. The standard InChI is InChI=1S/C22H26BrNO5/c1-21(2,3)29-20(25)24-13-22(26,14-24)16-10-19(27-4)17(23)11-18(16)28-12-15-8-6-5-7-9-15/h5-11,26H,12-14H2,1-4H3. The second kappa shape index (κ2) is 8.24. The number of methoxy groups -OCH3 is 1. The molecule has 1 amide bonds. The Morgan fingerprint density at radius 2 is 1.83 bits per heavy atom. The lowest BCUT2D eigenvalue weighted by Gasteiger charge is -2.47. The van der Waals surface area contributed by atoms with Crippen LogP contribution in [0.25, 0.3) is 0 Å². The van der Waals surface area contributed by atoms with Crippen LogP contribution in [0.15, 0.2) is 46.9 Å². The van der Waals surface area contributed by atoms with E-state index < -0.39 is 17.3 Å². The number of carbonyl (C=O) groups excluding carboxylic acids is 1. The first-order valence-electron chi connectivity index (χ1n) is 9.36. The number of hydrogen-bond donors (Lipinski definition) is 1. The zero-order valence-electron chi connectivity index (χ0n) is 17.1. The van der Waals surface area contributed by atoms with Crippen LogP contribution in [-0.4, -0.2) is 41.9 Å². The average molecular weight is 464 g/mol. The van der Waals surface area contributed by atoms with Crippen molar-refractivity contribution in [3.8, 4) is 11.5 Å². The van der Waals surface area contributed by atoms with Crippen LogP contribution in [0.5, 0.6) is 11.5 Å². The van der Waals surface area contributed by atoms with E-state index in [0.717, 1.165) is 10.0 Å². The van der Waals surface area contributed by atoms with Crippen LogP contribution < -0.4 is 9.47 Å². The number of halogens is 1. The molecule has 1 aliphatic heterocycles. The Hall–Kier alpha value is -2.25. The van der Waals surface area contributed by atoms with Gasteiger partial charge in [0.2, 0.25) is 0 Å². The highest BCUT2D eigenvalue weighted by Gasteiger charge is 2.48. The molecule has 0 saturated carbocycles. The summed E-state index contributed by atoms with van der Waals surface area (Å²) in [6.07, 6.45) is -0.446. The van der Waals surface area contributed by atoms with Gasteiger partial charge in [-0.25, -0.2) is 4.79 Å². The summed E-state index contributed by atoms with van der Waals surface area (Å²) in [6.45, 7) is 6.03. The molecule has 29 heavy (non-hydrogen) atoms. The predicted molar refractivity (Wildman–Crippen MR) is 113 cm³/mol. The normalized spacial score (nSPS) is 15.4. The number of nitrogens with zero attached hydrogens (tertiary/aromatic N) is 1. The van der Waals surface area contributed by atoms with E-state index in [0.29, 0.717) is 23.7 Å². The van der Waals surface area contributed by atoms with E-state index in [4.69, 9.17) is 14.2 Å². The fourth-order valence-electron chi connectivity index (χ4n) is 3.12. The van der Waals surface area contributed by atoms with Crippen molar-refractivity contribution in [3.05, 3.63) is 58.1 Å². The first kappa shape index (κ1) is 21.5. The topological polar surface area (TPSA) is 68.2 Å². The van der Waals surface area contributed by atoms with E-state index in [9.17, 15) is 9.90 Å². The van der Waals surface area contributed by atoms with Crippen LogP contribution in [0.3, 0.4) is 0 Å². The molecule has 7 heteroatoms. The molecule has 3 rings (SSSR count). The second-order valence-corrected chi connectivity index (χ2v) is 8.98. The zero-order chi connectivity index (χ0) is 21.2. The Morgan fingerprint density at radius 1 is 1.17 bits per heavy atom. The molecule has 0 atom stereocenters. The molecule has 1 aliphatic rings. The molecule has 0 aliphatic carbocycles. The summed E-state index contributed by atoms with van der Waals surface area (Å²) in [5.41, 5.74) is -0.235. The lowest BCUT2D eigenvalue weighted by molar-refractivity contribution is -0.104. The molecular formula is C22H26BrNO5. The van der Waals surface area contributed by atoms with Crippen LogP contribution >= 0.6 is 15.9 Å². The van der Waals surface area contributed by atoms with Crippen molar-refractivity contribution in [1.29, 1.82) is 0 Å². The predicted octanol–water partition coefficient (Wildman–Crippen LogP) is 4.48. The van der Waals surface area contributed by atoms with E-state index >= 15 is 0 Å². The summed E-state index contributed by atoms with van der Waals surface area (Å²) in [7, 11) is 1.56. The van der Waals surface area contributed by atoms with Gasteiger partial charge >= 0.3 is 6.09 Å². The van der Waals surface area contributed by atoms with Gasteiger partial charge in [0.05, 0.1) is 24.7 Å². The molecule has 1 N–H and O–H groups in total. The van der Waals surface area contributed by atoms with Gasteiger partial charge in [-0.05, 0) is 54.4 Å². The van der Waals surface area contributed by atoms with E-state index in [-0.39, 0.29) is 13.1 Å². The van der Waals surface area contributed by atoms with Crippen molar-refractivity contribution in [3.63, 3.8) is 0 Å². The second-order valence-electron chi connectivity index (χ2n) is 8.13. The van der Waals surface area contributed by atoms with E-state index in [2.05, 4.69) is 15.9 Å². The fraction of sp³-hybridized carbons (Fsp3) is 0.409. The van der Waals surface area contributed by atoms with Gasteiger partial charge in [0.1, 0.15) is 29.3 Å². The van der Waals surface area contributed by atoms with E-state index in [1.165, 1.54) is 4.90 Å². The summed E-state index contributed by atoms with van der Waals surface area (Å²) < 4.78 is 17.5. The fourth-order valence-corrected chi connectivity index (χ4v) is 3.61. The molecule has 6 nitrogen and oxygen atoms in total. The Bertz CT molecular complexity index is 873. The van der Waals surface area contributed by atoms with Crippen molar-refractivity contribution < 1.29 is 24.1 Å². The Kier molecular flexibility index (Phi) is 6.10. The van der Waals surface area contributed by atoms with Crippen molar-refractivity contribution in [2.75, 3.05) is 20.2 Å². The van der Waals surface area contributed by atoms with Gasteiger partial charge in [0.15, 0.2) is 0 Å². The van der Waals surface area contributed by atoms with E-state index in [1.54, 1.807) is 19.2 Å². The molecule has 0 bridgehead atoms. The molecule has 0 radical (unpaired) electrons. The average Bonchev–Trinajstić information content (AvgIpc) is 2.63. The molecule has 2 aromatic carbocycles. The number of carbonyl (C=O) groups is 1. The summed E-state index contributed by atoms with van der Waals surface area (Å²) in [5.74, 6) is 1.11. The Labute approximate surface area is 179 Å². The number of hydrogen-bond acceptors (Lipinski definition) is 5. The van der Waals surface area contributed by atoms with Crippen LogP contribution in [0, 0.1) is 0 Å². The van der Waals surface area contributed by atoms with Gasteiger partial charge in [-0.3, -0.25) is 0 Å². The van der Waals surface area contributed by atoms with Crippen molar-refractivity contribution in [2.24, 2.45) is 0 Å². The summed E-state index contributed by atoms with van der Waals surface area (Å²) in [5, 5.41) is 11.2. The summed E-state index contributed by atoms with van der Waals surface area (Å²) in [4.78, 5) is 13.7. The maximum Gasteiger partial charge on any atom is 0.410 e. The quantitative estimate of drug-likeness (QED) is 0.707. The number of benzene rings is 2. The summed E-state index contributed by atoms with van der Waals surface area (Å²) >= 11 is 3.47. The van der Waals surface area contributed by atoms with Crippen LogP contribution in [0.4, 0.5) is 4.79 Å². The van der Waals surface area contributed by atoms with Gasteiger partial charge < -0.3 is 24.2 Å². The molecule has 0 spiro atoms. The minimum Gasteiger partial charge on any atom is -0.496 e. The van der Waals surface area contributed by atoms with Gasteiger partial charge in [-0.1, -0.05) is 30.3 Å². The number of likely N-dealkylation sites (tertiary alicyclic amines) is 1. The van der Waals surface area contributed by atoms with Crippen molar-refractivity contribution in [2.45, 2.75) is 38.6 Å². The maximum atomic E-state index is 12.3. The lowest BCUT2D eigenvalue weighted by atomic mass is 9.85. The number of ether oxygens (including phenoxy) is 3. The maximum absolute atomic E-state index is 12.3. The van der Waals surface area contributed by atoms with Crippen LogP contribution in [-0.2, 0) is 16.9 Å². The van der Waals surface area contributed by atoms with Gasteiger partial charge in [-0.15, -0.1) is 0 Å². The molecule has 156 valence electrons. The van der Waals surface area contributed by atoms with Crippen molar-refractivity contribution in [1.82, 2.24) is 4.90 Å². The lowest BCUT2D eigenvalue weighted by Crippen LogP contribution is -2.62. The largest absolute Gasteiger partial charge is 0.496 e. The minimum atomic E-state index is -1.24. The minimum absolute atomic E-state index is 0.119. The molecule has 0 aromatic heterocycles. The Balaban J connectivity index is 1.81. The SMILES string of the molecule is COc1cc(C2(O)CN(C(=O)OC(C)(C)C)C2)c(OCc2ccccc2)cc1Br. The number of rotatable bonds is 5. The third kappa shape index (κ3) is 5.03. The van der Waals surface area contributed by atoms with Gasteiger partial charge in [-0.2, -0.15) is 0 Å². The zero-order valence-corrected chi connectivity index (χ0v) is 18.7. The molecule has 2 aromatic rings. The summed E-state index contributed by atoms with van der Waals surface area (Å²) in [6, 6.07) is 13.3. The highest BCUT2D eigenvalue weighted by Crippen LogP contribution is 2.43. The smallest absolute Gasteiger partial charge is 0.410 e. The molecule has 1 saturated heterocycles. The van der Waals surface area contributed by atoms with E-state index in [1.807, 2.05) is 51.1 Å². The first-order valence-corrected chi connectivity index (χ1v) is 10.2. The van der Waals surface area contributed by atoms with Gasteiger partial charge in [0, 0.05) is 5.56 Å². The molecule has 1 heterocycles. The molecule has 0 unspecified atom stereocenters. The first-order chi connectivity index (χ1) is 13.6. The highest BCUT2D eigenvalue weighted by atomic mass is 79.9. The van der Waals surface area contributed by atoms with Crippen LogP contribution in [0.1, 0.15) is 31.9 Å². The molecular weight excluding hydrogens is 438 g/mol. The highest BCUT2D eigenvalue weighted by molar-refractivity contribution is 9.10. The molecule has 1 fully saturated rings. The number of β-amino-alcohol motifs (C(OH)–C–C–N with tert-alkyl or cyclic N) is 1. The van der Waals surface area contributed by atoms with Gasteiger partial charge in [0.25, 0.3) is 0 Å². The third-order valence-corrected chi connectivity index (χ3v) is 5.17. The monoisotopic (exact) mass is 463 g/mol. The van der Waals surface area contributed by atoms with Crippen LogP contribution in [0.2, 0.25) is 0 Å².